The zero-order chi connectivity index (χ0) is 18.0. The second kappa shape index (κ2) is 7.50. The van der Waals surface area contributed by atoms with Gasteiger partial charge in [0.1, 0.15) is 17.6 Å². The molecule has 132 valence electrons. The van der Waals surface area contributed by atoms with Crippen molar-refractivity contribution in [3.63, 3.8) is 0 Å². The van der Waals surface area contributed by atoms with Crippen LogP contribution in [0.2, 0.25) is 10.0 Å². The molecule has 25 heavy (non-hydrogen) atoms. The number of aryl methyl sites for hydroxylation is 2. The van der Waals surface area contributed by atoms with Crippen LogP contribution in [-0.4, -0.2) is 30.0 Å². The normalized spacial score (nSPS) is 14.3. The van der Waals surface area contributed by atoms with E-state index in [1.165, 1.54) is 6.07 Å². The molecule has 1 saturated heterocycles. The largest absolute Gasteiger partial charge is 0.486 e. The lowest BCUT2D eigenvalue weighted by Gasteiger charge is -2.39. The van der Waals surface area contributed by atoms with Gasteiger partial charge >= 0.3 is 5.63 Å². The van der Waals surface area contributed by atoms with Crippen molar-refractivity contribution in [1.29, 1.82) is 0 Å². The molecular weight excluding hydrogens is 365 g/mol. The summed E-state index contributed by atoms with van der Waals surface area (Å²) in [4.78, 5) is 25.2. The number of amides is 1. The lowest BCUT2D eigenvalue weighted by atomic mass is 10.1. The predicted octanol–water partition coefficient (Wildman–Crippen LogP) is 3.48. The smallest absolute Gasteiger partial charge is 0.339 e. The Bertz CT molecular complexity index is 843. The Labute approximate surface area is 155 Å². The highest BCUT2D eigenvalue weighted by Crippen LogP contribution is 2.24. The Morgan fingerprint density at radius 3 is 2.68 bits per heavy atom. The molecule has 1 fully saturated rings. The molecule has 0 unspecified atom stereocenters. The summed E-state index contributed by atoms with van der Waals surface area (Å²) in [6, 6.07) is 8.35. The molecule has 0 radical (unpaired) electrons. The fraction of sp³-hybridized carbons (Fsp3) is 0.333. The Morgan fingerprint density at radius 2 is 2.00 bits per heavy atom. The molecule has 2 aromatic rings. The maximum Gasteiger partial charge on any atom is 0.339 e. The van der Waals surface area contributed by atoms with Gasteiger partial charge in [-0.2, -0.15) is 0 Å². The van der Waals surface area contributed by atoms with Crippen molar-refractivity contribution in [3.05, 3.63) is 62.1 Å². The second-order valence-corrected chi connectivity index (χ2v) is 6.82. The van der Waals surface area contributed by atoms with Crippen LogP contribution in [0.3, 0.4) is 0 Å². The van der Waals surface area contributed by atoms with Crippen molar-refractivity contribution in [2.45, 2.75) is 25.9 Å². The number of ether oxygens (including phenoxy) is 1. The lowest BCUT2D eigenvalue weighted by Crippen LogP contribution is -2.56. The average Bonchev–Trinajstić information content (AvgIpc) is 2.50. The third kappa shape index (κ3) is 4.55. The van der Waals surface area contributed by atoms with Gasteiger partial charge in [0, 0.05) is 12.5 Å². The summed E-state index contributed by atoms with van der Waals surface area (Å²) in [7, 11) is 0. The highest BCUT2D eigenvalue weighted by atomic mass is 35.5. The molecule has 1 aliphatic heterocycles. The molecule has 0 N–H and O–H groups in total. The van der Waals surface area contributed by atoms with Gasteiger partial charge in [-0.15, -0.1) is 0 Å². The first-order chi connectivity index (χ1) is 11.9. The van der Waals surface area contributed by atoms with Gasteiger partial charge in [-0.05, 0) is 31.0 Å². The Balaban J connectivity index is 1.46. The van der Waals surface area contributed by atoms with Crippen LogP contribution in [0, 0.1) is 6.92 Å². The predicted molar refractivity (Wildman–Crippen MR) is 95.5 cm³/mol. The van der Waals surface area contributed by atoms with Crippen LogP contribution in [-0.2, 0) is 11.2 Å². The molecular formula is C18H17Cl2NO4. The number of hydrogen-bond acceptors (Lipinski definition) is 4. The molecule has 0 spiro atoms. The van der Waals surface area contributed by atoms with Crippen LogP contribution in [0.4, 0.5) is 0 Å². The van der Waals surface area contributed by atoms with Crippen molar-refractivity contribution >= 4 is 29.1 Å². The molecule has 1 aliphatic rings. The maximum atomic E-state index is 12.2. The fourth-order valence-corrected chi connectivity index (χ4v) is 2.98. The molecule has 1 amide bonds. The highest BCUT2D eigenvalue weighted by Gasteiger charge is 2.32. The second-order valence-electron chi connectivity index (χ2n) is 6.01. The third-order valence-corrected chi connectivity index (χ3v) is 4.72. The van der Waals surface area contributed by atoms with E-state index in [0.29, 0.717) is 47.5 Å². The average molecular weight is 382 g/mol. The van der Waals surface area contributed by atoms with Gasteiger partial charge < -0.3 is 14.1 Å². The summed E-state index contributed by atoms with van der Waals surface area (Å²) in [5.74, 6) is 1.03. The van der Waals surface area contributed by atoms with Crippen LogP contribution < -0.4 is 10.4 Å². The number of carbonyl (C=O) groups is 1. The van der Waals surface area contributed by atoms with E-state index in [9.17, 15) is 9.59 Å². The van der Waals surface area contributed by atoms with Gasteiger partial charge in [-0.1, -0.05) is 29.3 Å². The molecule has 5 nitrogen and oxygen atoms in total. The minimum absolute atomic E-state index is 0.0645. The monoisotopic (exact) mass is 381 g/mol. The van der Waals surface area contributed by atoms with E-state index in [2.05, 4.69) is 0 Å². The molecule has 3 rings (SSSR count). The Kier molecular flexibility index (Phi) is 5.35. The van der Waals surface area contributed by atoms with Crippen LogP contribution in [0.5, 0.6) is 5.75 Å². The van der Waals surface area contributed by atoms with Crippen molar-refractivity contribution in [1.82, 2.24) is 4.90 Å². The number of nitrogens with zero attached hydrogens (tertiary/aromatic N) is 1. The quantitative estimate of drug-likeness (QED) is 0.795. The minimum atomic E-state index is -0.441. The van der Waals surface area contributed by atoms with Crippen molar-refractivity contribution in [2.24, 2.45) is 0 Å². The van der Waals surface area contributed by atoms with Crippen LogP contribution in [0.25, 0.3) is 0 Å². The summed E-state index contributed by atoms with van der Waals surface area (Å²) in [5, 5.41) is 0.997. The molecule has 7 heteroatoms. The molecule has 0 bridgehead atoms. The van der Waals surface area contributed by atoms with Crippen molar-refractivity contribution in [2.75, 3.05) is 13.1 Å². The zero-order valence-corrected chi connectivity index (χ0v) is 15.1. The van der Waals surface area contributed by atoms with Gasteiger partial charge in [0.2, 0.25) is 5.91 Å². The molecule has 0 atom stereocenters. The van der Waals surface area contributed by atoms with Gasteiger partial charge in [-0.25, -0.2) is 4.79 Å². The van der Waals surface area contributed by atoms with Crippen molar-refractivity contribution < 1.29 is 13.9 Å². The van der Waals surface area contributed by atoms with E-state index in [1.54, 1.807) is 30.0 Å². The van der Waals surface area contributed by atoms with Crippen molar-refractivity contribution in [3.8, 4) is 5.75 Å². The maximum absolute atomic E-state index is 12.2. The van der Waals surface area contributed by atoms with E-state index in [0.717, 1.165) is 5.56 Å². The van der Waals surface area contributed by atoms with Crippen LogP contribution in [0.15, 0.2) is 39.5 Å². The molecule has 1 aromatic carbocycles. The fourth-order valence-electron chi connectivity index (χ4n) is 2.66. The molecule has 1 aromatic heterocycles. The number of rotatable bonds is 5. The van der Waals surface area contributed by atoms with Crippen LogP contribution in [0.1, 0.15) is 17.7 Å². The van der Waals surface area contributed by atoms with E-state index >= 15 is 0 Å². The van der Waals surface area contributed by atoms with Crippen LogP contribution >= 0.6 is 23.2 Å². The standard InChI is InChI=1S/C18H17Cl2NO4/c1-11-6-13(8-18(23)24-11)25-14-9-21(10-14)17(22)5-3-12-2-4-15(19)16(20)7-12/h2,4,6-8,14H,3,5,9-10H2,1H3. The summed E-state index contributed by atoms with van der Waals surface area (Å²) < 4.78 is 10.6. The zero-order valence-electron chi connectivity index (χ0n) is 13.6. The SMILES string of the molecule is Cc1cc(OC2CN(C(=O)CCc3ccc(Cl)c(Cl)c3)C2)cc(=O)o1. The summed E-state index contributed by atoms with van der Waals surface area (Å²) in [5.41, 5.74) is 0.534. The number of benzene rings is 1. The Morgan fingerprint density at radius 1 is 1.24 bits per heavy atom. The van der Waals surface area contributed by atoms with Gasteiger partial charge in [0.25, 0.3) is 0 Å². The number of hydrogen-bond donors (Lipinski definition) is 0. The van der Waals surface area contributed by atoms with E-state index < -0.39 is 5.63 Å². The summed E-state index contributed by atoms with van der Waals surface area (Å²) in [6.45, 7) is 2.72. The first-order valence-corrected chi connectivity index (χ1v) is 8.66. The van der Waals surface area contributed by atoms with E-state index in [4.69, 9.17) is 32.4 Å². The summed E-state index contributed by atoms with van der Waals surface area (Å²) in [6.07, 6.45) is 0.908. The molecule has 0 saturated carbocycles. The molecule has 0 aliphatic carbocycles. The molecule has 2 heterocycles. The van der Waals surface area contributed by atoms with E-state index in [-0.39, 0.29) is 12.0 Å². The summed E-state index contributed by atoms with van der Waals surface area (Å²) >= 11 is 11.9. The topological polar surface area (TPSA) is 59.8 Å². The van der Waals surface area contributed by atoms with Gasteiger partial charge in [-0.3, -0.25) is 4.79 Å². The first-order valence-electron chi connectivity index (χ1n) is 7.91. The highest BCUT2D eigenvalue weighted by molar-refractivity contribution is 6.42. The van der Waals surface area contributed by atoms with Gasteiger partial charge in [0.15, 0.2) is 0 Å². The third-order valence-electron chi connectivity index (χ3n) is 3.98. The van der Waals surface area contributed by atoms with Gasteiger partial charge in [0.05, 0.1) is 29.2 Å². The van der Waals surface area contributed by atoms with E-state index in [1.807, 2.05) is 6.07 Å². The number of halogens is 2. The number of likely N-dealkylation sites (tertiary alicyclic amines) is 1. The minimum Gasteiger partial charge on any atom is -0.486 e. The number of carbonyl (C=O) groups excluding carboxylic acids is 1. The Hall–Kier alpha value is -1.98. The first kappa shape index (κ1) is 17.8. The lowest BCUT2D eigenvalue weighted by molar-refractivity contribution is -0.139.